The Kier molecular flexibility index (Phi) is 1.20. The van der Waals surface area contributed by atoms with Gasteiger partial charge in [-0.05, 0) is 0 Å². The van der Waals surface area contributed by atoms with Crippen molar-refractivity contribution >= 4 is 10.2 Å². The lowest BCUT2D eigenvalue weighted by atomic mass is 13.7. The first-order valence-electron chi connectivity index (χ1n) is 0.934. The van der Waals surface area contributed by atoms with Gasteiger partial charge in [-0.3, -0.25) is 0 Å². The van der Waals surface area contributed by atoms with Crippen molar-refractivity contribution in [3.05, 3.63) is 4.91 Å². The summed E-state index contributed by atoms with van der Waals surface area (Å²) in [5.41, 5.74) is 0. The zero-order valence-corrected chi connectivity index (χ0v) is 3.47. The van der Waals surface area contributed by atoms with E-state index in [0.717, 1.165) is 0 Å². The number of nitrogens with zero attached hydrogens (tertiary/aromatic N) is 1. The molecule has 0 saturated heterocycles. The Bertz CT molecular complexity index is 119. The first kappa shape index (κ1) is 5.51. The van der Waals surface area contributed by atoms with Gasteiger partial charge < -0.3 is 0 Å². The summed E-state index contributed by atoms with van der Waals surface area (Å²) in [6.45, 7) is 0. The van der Waals surface area contributed by atoms with Gasteiger partial charge in [-0.2, -0.15) is 8.42 Å². The molecule has 0 unspecified atom stereocenters. The molecule has 0 atom stereocenters. The highest BCUT2D eigenvalue weighted by molar-refractivity contribution is 7.87. The molecule has 36 valence electrons. The molecule has 0 fully saturated rings. The molecular formula is H2N2O3S. The van der Waals surface area contributed by atoms with E-state index in [1.807, 2.05) is 0 Å². The van der Waals surface area contributed by atoms with Crippen LogP contribution in [0.15, 0.2) is 4.58 Å². The Hall–Kier alpha value is -0.490. The normalized spacial score (nSPS) is 10.8. The number of hydrogen-bond donors (Lipinski definition) is 1. The third-order valence-electron chi connectivity index (χ3n) is 0.104. The van der Waals surface area contributed by atoms with Crippen LogP contribution in [0, 0.1) is 4.91 Å². The van der Waals surface area contributed by atoms with Gasteiger partial charge in [0.05, 0.1) is 4.58 Å². The van der Waals surface area contributed by atoms with Gasteiger partial charge in [0.15, 0.2) is 0 Å². The van der Waals surface area contributed by atoms with Crippen LogP contribution in [-0.2, 0) is 10.2 Å². The maximum Gasteiger partial charge on any atom is 0.351 e. The first-order valence-corrected chi connectivity index (χ1v) is 2.44. The Morgan fingerprint density at radius 3 is 1.67 bits per heavy atom. The van der Waals surface area contributed by atoms with Crippen LogP contribution < -0.4 is 5.14 Å². The van der Waals surface area contributed by atoms with E-state index in [-0.39, 0.29) is 0 Å². The highest BCUT2D eigenvalue weighted by Gasteiger charge is 1.92. The highest BCUT2D eigenvalue weighted by atomic mass is 32.2. The van der Waals surface area contributed by atoms with Crippen LogP contribution in [0.2, 0.25) is 0 Å². The molecule has 0 aromatic carbocycles. The molecule has 0 aromatic heterocycles. The van der Waals surface area contributed by atoms with E-state index < -0.39 is 10.2 Å². The summed E-state index contributed by atoms with van der Waals surface area (Å²) < 4.78 is 20.1. The van der Waals surface area contributed by atoms with Gasteiger partial charge in [0.2, 0.25) is 0 Å². The Labute approximate surface area is 34.3 Å². The fourth-order valence-corrected chi connectivity index (χ4v) is 0. The second-order valence-corrected chi connectivity index (χ2v) is 1.77. The predicted molar refractivity (Wildman–Crippen MR) is 18.9 cm³/mol. The van der Waals surface area contributed by atoms with E-state index in [1.54, 1.807) is 0 Å². The SMILES string of the molecule is NS(=O)(=O)N=O. The van der Waals surface area contributed by atoms with Crippen molar-refractivity contribution in [1.82, 2.24) is 0 Å². The van der Waals surface area contributed by atoms with Crippen molar-refractivity contribution in [3.63, 3.8) is 0 Å². The Morgan fingerprint density at radius 1 is 1.50 bits per heavy atom. The minimum atomic E-state index is -4.09. The first-order chi connectivity index (χ1) is 2.56. The highest BCUT2D eigenvalue weighted by Crippen LogP contribution is 1.69. The molecule has 0 aliphatic carbocycles. The Morgan fingerprint density at radius 2 is 1.67 bits per heavy atom. The molecule has 0 saturated carbocycles. The van der Waals surface area contributed by atoms with Crippen LogP contribution in [-0.4, -0.2) is 8.42 Å². The van der Waals surface area contributed by atoms with Crippen LogP contribution >= 0.6 is 0 Å². The van der Waals surface area contributed by atoms with Crippen LogP contribution in [0.25, 0.3) is 0 Å². The lowest BCUT2D eigenvalue weighted by Gasteiger charge is -1.68. The quantitative estimate of drug-likeness (QED) is 0.437. The molecule has 6 heteroatoms. The minimum Gasteiger partial charge on any atom is -0.207 e. The average molecular weight is 110 g/mol. The molecule has 0 bridgehead atoms. The summed E-state index contributed by atoms with van der Waals surface area (Å²) in [7, 11) is -4.09. The third kappa shape index (κ3) is 3.51. The van der Waals surface area contributed by atoms with E-state index in [2.05, 4.69) is 5.14 Å². The van der Waals surface area contributed by atoms with E-state index in [4.69, 9.17) is 4.91 Å². The van der Waals surface area contributed by atoms with Crippen LogP contribution in [0.5, 0.6) is 0 Å². The van der Waals surface area contributed by atoms with Gasteiger partial charge in [0, 0.05) is 0 Å². The van der Waals surface area contributed by atoms with Gasteiger partial charge in [0.25, 0.3) is 0 Å². The average Bonchev–Trinajstić information content (AvgIpc) is 1.35. The second kappa shape index (κ2) is 1.31. The number of rotatable bonds is 1. The topological polar surface area (TPSA) is 89.6 Å². The van der Waals surface area contributed by atoms with Crippen LogP contribution in [0.1, 0.15) is 0 Å². The van der Waals surface area contributed by atoms with Crippen molar-refractivity contribution in [1.29, 1.82) is 0 Å². The summed E-state index contributed by atoms with van der Waals surface area (Å²) in [4.78, 5) is 8.86. The molecule has 0 heterocycles. The van der Waals surface area contributed by atoms with Crippen molar-refractivity contribution < 1.29 is 8.42 Å². The maximum absolute atomic E-state index is 9.30. The van der Waals surface area contributed by atoms with Crippen LogP contribution in [0.4, 0.5) is 0 Å². The number of nitrogens with two attached hydrogens (primary N) is 1. The molecule has 2 N–H and O–H groups in total. The number of hydrogen-bond acceptors (Lipinski definition) is 3. The third-order valence-corrected chi connectivity index (χ3v) is 0.312. The van der Waals surface area contributed by atoms with Gasteiger partial charge in [0.1, 0.15) is 0 Å². The fraction of sp³-hybridized carbons (Fsp3) is 0. The van der Waals surface area contributed by atoms with Gasteiger partial charge >= 0.3 is 10.2 Å². The summed E-state index contributed by atoms with van der Waals surface area (Å²) in [5, 5.41) is 4.03. The molecule has 0 aliphatic rings. The summed E-state index contributed by atoms with van der Waals surface area (Å²) in [5.74, 6) is 0. The predicted octanol–water partition coefficient (Wildman–Crippen LogP) is -1.04. The monoisotopic (exact) mass is 110 g/mol. The van der Waals surface area contributed by atoms with Crippen molar-refractivity contribution in [3.8, 4) is 0 Å². The van der Waals surface area contributed by atoms with Crippen LogP contribution in [0.3, 0.4) is 0 Å². The lowest BCUT2D eigenvalue weighted by molar-refractivity contribution is 0.599. The molecule has 0 amide bonds. The molecule has 6 heavy (non-hydrogen) atoms. The zero-order valence-electron chi connectivity index (χ0n) is 2.66. The maximum atomic E-state index is 9.30. The second-order valence-electron chi connectivity index (χ2n) is 0.590. The lowest BCUT2D eigenvalue weighted by Crippen LogP contribution is -2.05. The molecule has 0 aromatic rings. The van der Waals surface area contributed by atoms with E-state index >= 15 is 0 Å². The molecule has 0 rings (SSSR count). The zero-order chi connectivity index (χ0) is 5.21. The molecule has 0 aliphatic heterocycles. The standard InChI is InChI=1S/H2N2O3S/c1-6(4,5)2-3/h(H2,1,4,5). The molecule has 0 spiro atoms. The molecule has 5 nitrogen and oxygen atoms in total. The molecular weight excluding hydrogens is 108 g/mol. The van der Waals surface area contributed by atoms with Gasteiger partial charge in [-0.15, -0.1) is 4.91 Å². The van der Waals surface area contributed by atoms with Gasteiger partial charge in [-0.25, -0.2) is 5.14 Å². The smallest absolute Gasteiger partial charge is 0.207 e. The Balaban J connectivity index is 4.25. The van der Waals surface area contributed by atoms with Crippen molar-refractivity contribution in [2.75, 3.05) is 0 Å². The fourth-order valence-electron chi connectivity index (χ4n) is 0. The van der Waals surface area contributed by atoms with Crippen molar-refractivity contribution in [2.24, 2.45) is 9.72 Å². The van der Waals surface area contributed by atoms with E-state index in [1.165, 1.54) is 4.58 Å². The van der Waals surface area contributed by atoms with E-state index in [0.29, 0.717) is 0 Å². The summed E-state index contributed by atoms with van der Waals surface area (Å²) >= 11 is 0. The summed E-state index contributed by atoms with van der Waals surface area (Å²) in [6, 6.07) is 0. The molecule has 0 radical (unpaired) electrons. The van der Waals surface area contributed by atoms with Crippen molar-refractivity contribution in [2.45, 2.75) is 0 Å². The minimum absolute atomic E-state index is 1.52. The van der Waals surface area contributed by atoms with Gasteiger partial charge in [-0.1, -0.05) is 0 Å². The summed E-state index contributed by atoms with van der Waals surface area (Å²) in [6.07, 6.45) is 0. The largest absolute Gasteiger partial charge is 0.351 e. The van der Waals surface area contributed by atoms with E-state index in [9.17, 15) is 8.42 Å². The number of nitroso groups, excluding NO2 is 1.